The number of nitrogens with zero attached hydrogens (tertiary/aromatic N) is 1. The second-order valence-electron chi connectivity index (χ2n) is 4.37. The second kappa shape index (κ2) is 3.67. The van der Waals surface area contributed by atoms with Crippen molar-refractivity contribution in [3.05, 3.63) is 29.8 Å². The second-order valence-corrected chi connectivity index (χ2v) is 6.03. The van der Waals surface area contributed by atoms with Crippen molar-refractivity contribution in [2.75, 3.05) is 0 Å². The van der Waals surface area contributed by atoms with E-state index in [1.54, 1.807) is 12.1 Å². The van der Waals surface area contributed by atoms with E-state index in [0.29, 0.717) is 0 Å². The molecule has 1 rings (SSSR count). The smallest absolute Gasteiger partial charge is 0.208 e. The fourth-order valence-corrected chi connectivity index (χ4v) is 1.79. The van der Waals surface area contributed by atoms with Gasteiger partial charge in [0.25, 0.3) is 9.84 Å². The van der Waals surface area contributed by atoms with Gasteiger partial charge in [-0.15, -0.1) is 0 Å². The lowest BCUT2D eigenvalue weighted by atomic mass is 9.87. The Morgan fingerprint density at radius 2 is 1.60 bits per heavy atom. The summed E-state index contributed by atoms with van der Waals surface area (Å²) >= 11 is 0. The Labute approximate surface area is 90.3 Å². The Hall–Kier alpha value is -1.34. The van der Waals surface area contributed by atoms with Crippen LogP contribution in [0.2, 0.25) is 0 Å². The third kappa shape index (κ3) is 2.57. The van der Waals surface area contributed by atoms with E-state index in [-0.39, 0.29) is 10.3 Å². The minimum Gasteiger partial charge on any atom is -0.208 e. The first kappa shape index (κ1) is 11.7. The highest BCUT2D eigenvalue weighted by Crippen LogP contribution is 2.23. The zero-order valence-corrected chi connectivity index (χ0v) is 9.80. The number of hydrogen-bond acceptors (Lipinski definition) is 3. The van der Waals surface area contributed by atoms with Crippen LogP contribution in [0.25, 0.3) is 0 Å². The van der Waals surface area contributed by atoms with E-state index in [1.165, 1.54) is 17.5 Å². The lowest BCUT2D eigenvalue weighted by Crippen LogP contribution is -2.11. The molecule has 0 radical (unpaired) electrons. The molecule has 0 unspecified atom stereocenters. The summed E-state index contributed by atoms with van der Waals surface area (Å²) in [6.45, 7) is 6.13. The van der Waals surface area contributed by atoms with Gasteiger partial charge in [-0.25, -0.2) is 8.42 Å². The van der Waals surface area contributed by atoms with Crippen molar-refractivity contribution in [3.63, 3.8) is 0 Å². The van der Waals surface area contributed by atoms with E-state index in [4.69, 9.17) is 5.26 Å². The predicted octanol–water partition coefficient (Wildman–Crippen LogP) is 2.24. The van der Waals surface area contributed by atoms with E-state index in [2.05, 4.69) is 0 Å². The third-order valence-electron chi connectivity index (χ3n) is 2.15. The molecule has 15 heavy (non-hydrogen) atoms. The lowest BCUT2D eigenvalue weighted by molar-refractivity contribution is 0.588. The van der Waals surface area contributed by atoms with Gasteiger partial charge in [0.15, 0.2) is 5.40 Å². The van der Waals surface area contributed by atoms with E-state index in [1.807, 2.05) is 20.8 Å². The fraction of sp³-hybridized carbons (Fsp3) is 0.364. The zero-order valence-electron chi connectivity index (χ0n) is 8.98. The zero-order chi connectivity index (χ0) is 11.7. The fourth-order valence-electron chi connectivity index (χ4n) is 1.19. The highest BCUT2D eigenvalue weighted by atomic mass is 32.2. The molecule has 0 heterocycles. The van der Waals surface area contributed by atoms with E-state index < -0.39 is 9.84 Å². The summed E-state index contributed by atoms with van der Waals surface area (Å²) in [6.07, 6.45) is 0. The third-order valence-corrected chi connectivity index (χ3v) is 3.28. The molecule has 0 amide bonds. The Morgan fingerprint density at radius 3 is 1.93 bits per heavy atom. The van der Waals surface area contributed by atoms with Crippen molar-refractivity contribution in [2.45, 2.75) is 31.1 Å². The Morgan fingerprint density at radius 1 is 1.13 bits per heavy atom. The van der Waals surface area contributed by atoms with Crippen molar-refractivity contribution >= 4 is 9.84 Å². The van der Waals surface area contributed by atoms with E-state index >= 15 is 0 Å². The maximum absolute atomic E-state index is 11.2. The van der Waals surface area contributed by atoms with Gasteiger partial charge < -0.3 is 0 Å². The molecule has 0 saturated carbocycles. The first-order chi connectivity index (χ1) is 6.77. The number of benzene rings is 1. The summed E-state index contributed by atoms with van der Waals surface area (Å²) in [7, 11) is -3.75. The van der Waals surface area contributed by atoms with Crippen molar-refractivity contribution in [3.8, 4) is 5.40 Å². The number of rotatable bonds is 1. The molecule has 1 aromatic carbocycles. The van der Waals surface area contributed by atoms with Crippen molar-refractivity contribution in [2.24, 2.45) is 0 Å². The molecular weight excluding hydrogens is 210 g/mol. The first-order valence-corrected chi connectivity index (χ1v) is 6.02. The van der Waals surface area contributed by atoms with Crippen LogP contribution in [0.4, 0.5) is 0 Å². The number of thiocyanates is 1. The maximum Gasteiger partial charge on any atom is 0.269 e. The molecule has 80 valence electrons. The van der Waals surface area contributed by atoms with Crippen LogP contribution in [0.1, 0.15) is 26.3 Å². The van der Waals surface area contributed by atoms with Gasteiger partial charge in [0, 0.05) is 0 Å². The Bertz CT molecular complexity index is 487. The van der Waals surface area contributed by atoms with E-state index in [9.17, 15) is 8.42 Å². The molecule has 0 aromatic heterocycles. The number of hydrogen-bond donors (Lipinski definition) is 0. The van der Waals surface area contributed by atoms with Crippen LogP contribution in [0.5, 0.6) is 0 Å². The molecule has 0 saturated heterocycles. The lowest BCUT2D eigenvalue weighted by Gasteiger charge is -2.18. The number of sulfone groups is 1. The largest absolute Gasteiger partial charge is 0.269 e. The molecule has 3 nitrogen and oxygen atoms in total. The normalized spacial score (nSPS) is 12.1. The Kier molecular flexibility index (Phi) is 2.87. The highest BCUT2D eigenvalue weighted by molar-refractivity contribution is 7.95. The summed E-state index contributed by atoms with van der Waals surface area (Å²) in [4.78, 5) is 0.0537. The molecule has 4 heteroatoms. The summed E-state index contributed by atoms with van der Waals surface area (Å²) in [5, 5.41) is 9.73. The minimum atomic E-state index is -3.75. The van der Waals surface area contributed by atoms with Crippen LogP contribution in [-0.2, 0) is 15.3 Å². The molecule has 0 N–H and O–H groups in total. The average Bonchev–Trinajstić information content (AvgIpc) is 2.17. The van der Waals surface area contributed by atoms with Gasteiger partial charge >= 0.3 is 0 Å². The molecule has 0 aliphatic carbocycles. The van der Waals surface area contributed by atoms with Crippen LogP contribution in [0.15, 0.2) is 29.2 Å². The molecule has 1 aromatic rings. The van der Waals surface area contributed by atoms with Gasteiger partial charge in [0.2, 0.25) is 0 Å². The summed E-state index contributed by atoms with van der Waals surface area (Å²) in [5.41, 5.74) is 1.02. The van der Waals surface area contributed by atoms with Crippen LogP contribution >= 0.6 is 0 Å². The van der Waals surface area contributed by atoms with Crippen molar-refractivity contribution in [1.82, 2.24) is 0 Å². The number of nitriles is 1. The van der Waals surface area contributed by atoms with Gasteiger partial charge in [0.1, 0.15) is 0 Å². The molecule has 0 aliphatic heterocycles. The van der Waals surface area contributed by atoms with Gasteiger partial charge in [-0.1, -0.05) is 32.9 Å². The molecule has 0 spiro atoms. The van der Waals surface area contributed by atoms with Crippen LogP contribution in [0.3, 0.4) is 0 Å². The quantitative estimate of drug-likeness (QED) is 0.542. The molecule has 0 bridgehead atoms. The SMILES string of the molecule is CC(C)(C)c1ccc(S(=O)(=O)C#N)cc1. The molecule has 0 aliphatic rings. The standard InChI is InChI=1S/C11H13NO2S/c1-11(2,3)9-4-6-10(7-5-9)15(13,14)8-12/h4-7H,1-3H3. The van der Waals surface area contributed by atoms with Crippen molar-refractivity contribution < 1.29 is 8.42 Å². The topological polar surface area (TPSA) is 57.9 Å². The van der Waals surface area contributed by atoms with Crippen LogP contribution < -0.4 is 0 Å². The van der Waals surface area contributed by atoms with Crippen LogP contribution in [0, 0.1) is 10.7 Å². The van der Waals surface area contributed by atoms with Gasteiger partial charge in [0.05, 0.1) is 4.90 Å². The monoisotopic (exact) mass is 223 g/mol. The predicted molar refractivity (Wildman–Crippen MR) is 57.9 cm³/mol. The first-order valence-electron chi connectivity index (χ1n) is 4.54. The maximum atomic E-state index is 11.2. The van der Waals surface area contributed by atoms with Gasteiger partial charge in [-0.2, -0.15) is 5.26 Å². The van der Waals surface area contributed by atoms with Gasteiger partial charge in [-0.3, -0.25) is 0 Å². The minimum absolute atomic E-state index is 0.0189. The molecule has 0 atom stereocenters. The average molecular weight is 223 g/mol. The summed E-state index contributed by atoms with van der Waals surface area (Å²) < 4.78 is 22.4. The highest BCUT2D eigenvalue weighted by Gasteiger charge is 2.16. The molecular formula is C11H13NO2S. The summed E-state index contributed by atoms with van der Waals surface area (Å²) in [6, 6.07) is 6.42. The van der Waals surface area contributed by atoms with Gasteiger partial charge in [-0.05, 0) is 23.1 Å². The van der Waals surface area contributed by atoms with Crippen LogP contribution in [-0.4, -0.2) is 8.42 Å². The molecule has 0 fully saturated rings. The Balaban J connectivity index is 3.19. The van der Waals surface area contributed by atoms with E-state index in [0.717, 1.165) is 5.56 Å². The summed E-state index contributed by atoms with van der Waals surface area (Å²) in [5.74, 6) is 0. The van der Waals surface area contributed by atoms with Crippen molar-refractivity contribution in [1.29, 1.82) is 5.26 Å².